The lowest BCUT2D eigenvalue weighted by Gasteiger charge is -2.17. The SMILES string of the molecule is CC(C)(C)NS(=O)(=O)N=CCc1cncc([N+](=O)[O-])c1. The smallest absolute Gasteiger partial charge is 0.258 e. The topological polar surface area (TPSA) is 115 Å². The average Bonchev–Trinajstić information content (AvgIpc) is 2.25. The third kappa shape index (κ3) is 5.85. The van der Waals surface area contributed by atoms with Crippen molar-refractivity contribution in [2.24, 2.45) is 4.40 Å². The first-order valence-electron chi connectivity index (χ1n) is 5.75. The Bertz CT molecular complexity index is 620. The zero-order chi connectivity index (χ0) is 15.4. The van der Waals surface area contributed by atoms with Gasteiger partial charge in [-0.25, -0.2) is 0 Å². The molecule has 0 amide bonds. The lowest BCUT2D eigenvalue weighted by atomic mass is 10.1. The molecule has 0 aromatic carbocycles. The van der Waals surface area contributed by atoms with Crippen molar-refractivity contribution in [1.29, 1.82) is 0 Å². The van der Waals surface area contributed by atoms with Crippen LogP contribution in [0.15, 0.2) is 22.9 Å². The molecule has 0 aliphatic heterocycles. The zero-order valence-electron chi connectivity index (χ0n) is 11.4. The Balaban J connectivity index is 2.74. The van der Waals surface area contributed by atoms with E-state index in [-0.39, 0.29) is 12.1 Å². The van der Waals surface area contributed by atoms with Gasteiger partial charge in [-0.2, -0.15) is 17.5 Å². The van der Waals surface area contributed by atoms with Crippen LogP contribution in [0.1, 0.15) is 26.3 Å². The predicted molar refractivity (Wildman–Crippen MR) is 74.9 cm³/mol. The van der Waals surface area contributed by atoms with Crippen molar-refractivity contribution in [3.05, 3.63) is 34.1 Å². The normalized spacial score (nSPS) is 12.8. The van der Waals surface area contributed by atoms with Crippen LogP contribution >= 0.6 is 0 Å². The predicted octanol–water partition coefficient (Wildman–Crippen LogP) is 1.24. The molecular weight excluding hydrogens is 284 g/mol. The Kier molecular flexibility index (Phi) is 4.90. The second kappa shape index (κ2) is 6.06. The molecule has 0 bridgehead atoms. The third-order valence-electron chi connectivity index (χ3n) is 1.97. The van der Waals surface area contributed by atoms with Gasteiger partial charge in [-0.15, -0.1) is 0 Å². The molecule has 0 atom stereocenters. The monoisotopic (exact) mass is 300 g/mol. The summed E-state index contributed by atoms with van der Waals surface area (Å²) in [7, 11) is -3.77. The molecule has 0 fully saturated rings. The van der Waals surface area contributed by atoms with Crippen molar-refractivity contribution in [3.63, 3.8) is 0 Å². The van der Waals surface area contributed by atoms with E-state index in [2.05, 4.69) is 14.1 Å². The van der Waals surface area contributed by atoms with Gasteiger partial charge in [0.2, 0.25) is 0 Å². The molecule has 0 saturated carbocycles. The Hall–Kier alpha value is -1.87. The molecule has 20 heavy (non-hydrogen) atoms. The summed E-state index contributed by atoms with van der Waals surface area (Å²) in [6.45, 7) is 5.10. The molecule has 0 saturated heterocycles. The van der Waals surface area contributed by atoms with Crippen LogP contribution in [0.25, 0.3) is 0 Å². The van der Waals surface area contributed by atoms with Gasteiger partial charge in [0.05, 0.1) is 4.92 Å². The van der Waals surface area contributed by atoms with E-state index in [0.717, 1.165) is 6.20 Å². The van der Waals surface area contributed by atoms with E-state index >= 15 is 0 Å². The Morgan fingerprint density at radius 2 is 2.10 bits per heavy atom. The highest BCUT2D eigenvalue weighted by Crippen LogP contribution is 2.11. The zero-order valence-corrected chi connectivity index (χ0v) is 12.2. The molecule has 0 aliphatic carbocycles. The second-order valence-corrected chi connectivity index (χ2v) is 6.49. The number of nitro groups is 1. The van der Waals surface area contributed by atoms with Gasteiger partial charge >= 0.3 is 10.2 Å². The summed E-state index contributed by atoms with van der Waals surface area (Å²) in [5, 5.41) is 10.6. The first-order valence-corrected chi connectivity index (χ1v) is 7.19. The van der Waals surface area contributed by atoms with Gasteiger partial charge in [-0.3, -0.25) is 15.1 Å². The molecular formula is C11H16N4O4S. The first kappa shape index (κ1) is 16.2. The van der Waals surface area contributed by atoms with E-state index < -0.39 is 20.7 Å². The van der Waals surface area contributed by atoms with Crippen LogP contribution in [-0.4, -0.2) is 30.1 Å². The van der Waals surface area contributed by atoms with Crippen LogP contribution < -0.4 is 4.72 Å². The Labute approximate surface area is 117 Å². The number of nitrogens with one attached hydrogen (secondary N) is 1. The summed E-state index contributed by atoms with van der Waals surface area (Å²) in [5.41, 5.74) is -0.260. The van der Waals surface area contributed by atoms with Crippen molar-refractivity contribution in [3.8, 4) is 0 Å². The fourth-order valence-electron chi connectivity index (χ4n) is 1.34. The van der Waals surface area contributed by atoms with Gasteiger partial charge in [0.1, 0.15) is 6.20 Å². The average molecular weight is 300 g/mol. The summed E-state index contributed by atoms with van der Waals surface area (Å²) in [5.74, 6) is 0. The van der Waals surface area contributed by atoms with Gasteiger partial charge < -0.3 is 0 Å². The minimum Gasteiger partial charge on any atom is -0.258 e. The van der Waals surface area contributed by atoms with E-state index in [1.165, 1.54) is 18.5 Å². The van der Waals surface area contributed by atoms with Crippen LogP contribution in [0.3, 0.4) is 0 Å². The molecule has 1 aromatic rings. The molecule has 110 valence electrons. The fraction of sp³-hybridized carbons (Fsp3) is 0.455. The molecule has 1 heterocycles. The molecule has 1 N–H and O–H groups in total. The van der Waals surface area contributed by atoms with Crippen LogP contribution in [-0.2, 0) is 16.6 Å². The molecule has 0 radical (unpaired) electrons. The first-order chi connectivity index (χ1) is 9.09. The van der Waals surface area contributed by atoms with Crippen molar-refractivity contribution in [1.82, 2.24) is 9.71 Å². The second-order valence-electron chi connectivity index (χ2n) is 5.13. The van der Waals surface area contributed by atoms with Gasteiger partial charge in [0.25, 0.3) is 5.69 Å². The van der Waals surface area contributed by atoms with E-state index in [1.54, 1.807) is 20.8 Å². The number of nitrogens with zero attached hydrogens (tertiary/aromatic N) is 3. The van der Waals surface area contributed by atoms with Gasteiger partial charge in [0, 0.05) is 30.4 Å². The summed E-state index contributed by atoms with van der Waals surface area (Å²) in [6.07, 6.45) is 3.86. The van der Waals surface area contributed by atoms with Crippen molar-refractivity contribution in [2.45, 2.75) is 32.7 Å². The summed E-state index contributed by atoms with van der Waals surface area (Å²) < 4.78 is 29.0. The van der Waals surface area contributed by atoms with Gasteiger partial charge in [-0.1, -0.05) is 0 Å². The number of pyridine rings is 1. The maximum absolute atomic E-state index is 11.6. The maximum atomic E-state index is 11.6. The minimum absolute atomic E-state index is 0.139. The van der Waals surface area contributed by atoms with Gasteiger partial charge in [0.15, 0.2) is 0 Å². The highest BCUT2D eigenvalue weighted by atomic mass is 32.2. The molecule has 0 spiro atoms. The van der Waals surface area contributed by atoms with E-state index in [1.807, 2.05) is 0 Å². The molecule has 9 heteroatoms. The van der Waals surface area contributed by atoms with E-state index in [9.17, 15) is 18.5 Å². The fourth-order valence-corrected chi connectivity index (χ4v) is 2.44. The number of hydrogen-bond donors (Lipinski definition) is 1. The van der Waals surface area contributed by atoms with Crippen LogP contribution in [0, 0.1) is 10.1 Å². The number of aromatic nitrogens is 1. The van der Waals surface area contributed by atoms with Crippen molar-refractivity contribution in [2.75, 3.05) is 0 Å². The summed E-state index contributed by atoms with van der Waals surface area (Å²) in [4.78, 5) is 13.7. The molecule has 1 aromatic heterocycles. The molecule has 1 rings (SSSR count). The van der Waals surface area contributed by atoms with Crippen LogP contribution in [0.5, 0.6) is 0 Å². The van der Waals surface area contributed by atoms with Crippen LogP contribution in [0.2, 0.25) is 0 Å². The Morgan fingerprint density at radius 1 is 1.45 bits per heavy atom. The largest absolute Gasteiger partial charge is 0.319 e. The standard InChI is InChI=1S/C11H16N4O4S/c1-11(2,3)14-20(18,19)13-5-4-9-6-10(15(16)17)8-12-7-9/h5-8,14H,4H2,1-3H3. The molecule has 0 aliphatic rings. The van der Waals surface area contributed by atoms with E-state index in [0.29, 0.717) is 5.56 Å². The third-order valence-corrected chi connectivity index (χ3v) is 3.26. The Morgan fingerprint density at radius 3 is 2.65 bits per heavy atom. The maximum Gasteiger partial charge on any atom is 0.319 e. The highest BCUT2D eigenvalue weighted by molar-refractivity contribution is 7.88. The van der Waals surface area contributed by atoms with E-state index in [4.69, 9.17) is 0 Å². The van der Waals surface area contributed by atoms with Crippen molar-refractivity contribution < 1.29 is 13.3 Å². The molecule has 8 nitrogen and oxygen atoms in total. The number of hydrogen-bond acceptors (Lipinski definition) is 5. The lowest BCUT2D eigenvalue weighted by Crippen LogP contribution is -2.39. The van der Waals surface area contributed by atoms with Crippen LogP contribution in [0.4, 0.5) is 5.69 Å². The number of rotatable bonds is 5. The van der Waals surface area contributed by atoms with Gasteiger partial charge in [-0.05, 0) is 26.3 Å². The summed E-state index contributed by atoms with van der Waals surface area (Å²) in [6, 6.07) is 1.32. The lowest BCUT2D eigenvalue weighted by molar-refractivity contribution is -0.385. The quantitative estimate of drug-likeness (QED) is 0.499. The minimum atomic E-state index is -3.77. The van der Waals surface area contributed by atoms with Crippen molar-refractivity contribution >= 4 is 22.1 Å². The summed E-state index contributed by atoms with van der Waals surface area (Å²) >= 11 is 0. The highest BCUT2D eigenvalue weighted by Gasteiger charge is 2.18. The molecule has 0 unspecified atom stereocenters.